The number of hydrogen-bond acceptors (Lipinski definition) is 8. The van der Waals surface area contributed by atoms with Crippen molar-refractivity contribution >= 4 is 32.6 Å². The van der Waals surface area contributed by atoms with Crippen LogP contribution in [0.1, 0.15) is 30.0 Å². The van der Waals surface area contributed by atoms with Gasteiger partial charge in [-0.15, -0.1) is 5.10 Å². The Bertz CT molecular complexity index is 1170. The zero-order valence-electron chi connectivity index (χ0n) is 16.5. The molecule has 154 valence electrons. The van der Waals surface area contributed by atoms with Crippen LogP contribution in [0, 0.1) is 0 Å². The fourth-order valence-corrected chi connectivity index (χ4v) is 3.72. The highest BCUT2D eigenvalue weighted by Gasteiger charge is 2.12. The standard InChI is InChI=1S/C20H20N6O3S/c1-3-26-18(23-24-25-26)12-29-14-7-5-6-13(10-14)19(27)22-20-21-16-9-8-15(28-4-2)11-17(16)30-20/h5-11H,3-4,12H2,1-2H3,(H,21,22,27). The Balaban J connectivity index is 1.44. The van der Waals surface area contributed by atoms with Gasteiger partial charge >= 0.3 is 0 Å². The van der Waals surface area contributed by atoms with E-state index in [0.29, 0.717) is 35.4 Å². The topological polar surface area (TPSA) is 104 Å². The predicted octanol–water partition coefficient (Wildman–Crippen LogP) is 3.53. The van der Waals surface area contributed by atoms with Gasteiger partial charge in [0, 0.05) is 12.1 Å². The number of fused-ring (bicyclic) bond motifs is 1. The summed E-state index contributed by atoms with van der Waals surface area (Å²) in [6, 6.07) is 12.6. The number of amides is 1. The van der Waals surface area contributed by atoms with Crippen LogP contribution >= 0.6 is 11.3 Å². The second-order valence-corrected chi connectivity index (χ2v) is 7.29. The lowest BCUT2D eigenvalue weighted by Gasteiger charge is -2.07. The van der Waals surface area contributed by atoms with Gasteiger partial charge in [0.15, 0.2) is 11.0 Å². The minimum Gasteiger partial charge on any atom is -0.494 e. The van der Waals surface area contributed by atoms with Gasteiger partial charge in [-0.2, -0.15) is 0 Å². The lowest BCUT2D eigenvalue weighted by molar-refractivity contribution is 0.102. The summed E-state index contributed by atoms with van der Waals surface area (Å²) in [5.74, 6) is 1.70. The molecule has 0 aliphatic carbocycles. The van der Waals surface area contributed by atoms with Crippen molar-refractivity contribution in [2.75, 3.05) is 11.9 Å². The molecule has 0 aliphatic heterocycles. The number of hydrogen-bond donors (Lipinski definition) is 1. The van der Waals surface area contributed by atoms with Crippen LogP contribution in [0.2, 0.25) is 0 Å². The molecule has 9 nitrogen and oxygen atoms in total. The number of carbonyl (C=O) groups excluding carboxylic acids is 1. The second-order valence-electron chi connectivity index (χ2n) is 6.26. The van der Waals surface area contributed by atoms with Gasteiger partial charge in [-0.25, -0.2) is 9.67 Å². The van der Waals surface area contributed by atoms with Crippen molar-refractivity contribution in [1.82, 2.24) is 25.2 Å². The number of anilines is 1. The number of nitrogens with zero attached hydrogens (tertiary/aromatic N) is 5. The lowest BCUT2D eigenvalue weighted by Crippen LogP contribution is -2.12. The monoisotopic (exact) mass is 424 g/mol. The number of benzene rings is 2. The number of aromatic nitrogens is 5. The number of thiazole rings is 1. The Morgan fingerprint density at radius 2 is 2.00 bits per heavy atom. The molecule has 4 aromatic rings. The molecule has 0 saturated carbocycles. The summed E-state index contributed by atoms with van der Waals surface area (Å²) in [5.41, 5.74) is 1.28. The van der Waals surface area contributed by atoms with E-state index in [0.717, 1.165) is 16.0 Å². The van der Waals surface area contributed by atoms with E-state index in [4.69, 9.17) is 9.47 Å². The van der Waals surface area contributed by atoms with Crippen molar-refractivity contribution in [1.29, 1.82) is 0 Å². The van der Waals surface area contributed by atoms with Crippen molar-refractivity contribution in [2.24, 2.45) is 0 Å². The van der Waals surface area contributed by atoms with E-state index >= 15 is 0 Å². The molecule has 0 atom stereocenters. The van der Waals surface area contributed by atoms with Crippen LogP contribution in [-0.4, -0.2) is 37.7 Å². The van der Waals surface area contributed by atoms with Crippen LogP contribution in [0.15, 0.2) is 42.5 Å². The Morgan fingerprint density at radius 1 is 1.13 bits per heavy atom. The van der Waals surface area contributed by atoms with Crippen molar-refractivity contribution in [3.8, 4) is 11.5 Å². The highest BCUT2D eigenvalue weighted by atomic mass is 32.1. The van der Waals surface area contributed by atoms with E-state index < -0.39 is 0 Å². The number of carbonyl (C=O) groups is 1. The largest absolute Gasteiger partial charge is 0.494 e. The molecule has 0 radical (unpaired) electrons. The van der Waals surface area contributed by atoms with E-state index in [1.54, 1.807) is 28.9 Å². The average molecular weight is 424 g/mol. The van der Waals surface area contributed by atoms with E-state index in [1.165, 1.54) is 11.3 Å². The van der Waals surface area contributed by atoms with Gasteiger partial charge in [-0.3, -0.25) is 10.1 Å². The van der Waals surface area contributed by atoms with Crippen LogP contribution in [0.25, 0.3) is 10.2 Å². The minimum absolute atomic E-state index is 0.214. The Labute approximate surface area is 176 Å². The van der Waals surface area contributed by atoms with Crippen LogP contribution in [0.4, 0.5) is 5.13 Å². The lowest BCUT2D eigenvalue weighted by atomic mass is 10.2. The van der Waals surface area contributed by atoms with Crippen LogP contribution < -0.4 is 14.8 Å². The third-order valence-electron chi connectivity index (χ3n) is 4.26. The average Bonchev–Trinajstić information content (AvgIpc) is 3.38. The molecule has 2 aromatic heterocycles. The summed E-state index contributed by atoms with van der Waals surface area (Å²) >= 11 is 1.40. The van der Waals surface area contributed by atoms with Gasteiger partial charge in [0.1, 0.15) is 18.1 Å². The van der Waals surface area contributed by atoms with E-state index in [-0.39, 0.29) is 12.5 Å². The summed E-state index contributed by atoms with van der Waals surface area (Å²) in [5, 5.41) is 14.8. The molecule has 0 bridgehead atoms. The summed E-state index contributed by atoms with van der Waals surface area (Å²) in [7, 11) is 0. The SMILES string of the molecule is CCOc1ccc2nc(NC(=O)c3cccc(OCc4nnnn4CC)c3)sc2c1. The first-order chi connectivity index (χ1) is 14.7. The highest BCUT2D eigenvalue weighted by molar-refractivity contribution is 7.22. The minimum atomic E-state index is -0.261. The van der Waals surface area contributed by atoms with Crippen LogP contribution in [0.3, 0.4) is 0 Å². The Hall–Kier alpha value is -3.53. The maximum Gasteiger partial charge on any atom is 0.257 e. The smallest absolute Gasteiger partial charge is 0.257 e. The molecule has 2 heterocycles. The summed E-state index contributed by atoms with van der Waals surface area (Å²) in [6.07, 6.45) is 0. The van der Waals surface area contributed by atoms with E-state index in [9.17, 15) is 4.79 Å². The van der Waals surface area contributed by atoms with Crippen molar-refractivity contribution in [2.45, 2.75) is 27.0 Å². The van der Waals surface area contributed by atoms with Gasteiger partial charge in [0.05, 0.1) is 16.8 Å². The third kappa shape index (κ3) is 4.38. The Morgan fingerprint density at radius 3 is 2.83 bits per heavy atom. The van der Waals surface area contributed by atoms with Crippen LogP contribution in [-0.2, 0) is 13.2 Å². The first kappa shape index (κ1) is 19.8. The summed E-state index contributed by atoms with van der Waals surface area (Å²) < 4.78 is 13.9. The molecule has 4 rings (SSSR count). The van der Waals surface area contributed by atoms with Gasteiger partial charge in [-0.1, -0.05) is 17.4 Å². The van der Waals surface area contributed by atoms with Gasteiger partial charge in [0.25, 0.3) is 5.91 Å². The summed E-state index contributed by atoms with van der Waals surface area (Å²) in [4.78, 5) is 17.2. The molecule has 0 unspecified atom stereocenters. The number of nitrogens with one attached hydrogen (secondary N) is 1. The number of rotatable bonds is 8. The van der Waals surface area contributed by atoms with Gasteiger partial charge < -0.3 is 9.47 Å². The highest BCUT2D eigenvalue weighted by Crippen LogP contribution is 2.29. The molecule has 1 N–H and O–H groups in total. The quantitative estimate of drug-likeness (QED) is 0.461. The zero-order valence-corrected chi connectivity index (χ0v) is 17.3. The molecule has 0 spiro atoms. The van der Waals surface area contributed by atoms with Crippen molar-refractivity contribution in [3.63, 3.8) is 0 Å². The Kier molecular flexibility index (Phi) is 5.84. The normalized spacial score (nSPS) is 10.9. The molecule has 1 amide bonds. The molecule has 10 heteroatoms. The first-order valence-corrected chi connectivity index (χ1v) is 10.3. The third-order valence-corrected chi connectivity index (χ3v) is 5.19. The molecule has 30 heavy (non-hydrogen) atoms. The molecule has 0 fully saturated rings. The molecule has 2 aromatic carbocycles. The van der Waals surface area contributed by atoms with E-state index in [2.05, 4.69) is 25.8 Å². The molecular formula is C20H20N6O3S. The first-order valence-electron chi connectivity index (χ1n) is 9.49. The fraction of sp³-hybridized carbons (Fsp3) is 0.250. The zero-order chi connectivity index (χ0) is 20.9. The number of ether oxygens (including phenoxy) is 2. The van der Waals surface area contributed by atoms with Gasteiger partial charge in [-0.05, 0) is 60.7 Å². The molecular weight excluding hydrogens is 404 g/mol. The molecule has 0 saturated heterocycles. The van der Waals surface area contributed by atoms with Gasteiger partial charge in [0.2, 0.25) is 0 Å². The number of tetrazole rings is 1. The molecule has 0 aliphatic rings. The maximum atomic E-state index is 12.7. The second kappa shape index (κ2) is 8.87. The summed E-state index contributed by atoms with van der Waals surface area (Å²) in [6.45, 7) is 5.35. The van der Waals surface area contributed by atoms with E-state index in [1.807, 2.05) is 32.0 Å². The number of aryl methyl sites for hydroxylation is 1. The van der Waals surface area contributed by atoms with Crippen LogP contribution in [0.5, 0.6) is 11.5 Å². The fourth-order valence-electron chi connectivity index (χ4n) is 2.83. The van der Waals surface area contributed by atoms with Crippen molar-refractivity contribution < 1.29 is 14.3 Å². The van der Waals surface area contributed by atoms with Crippen molar-refractivity contribution in [3.05, 3.63) is 53.9 Å². The maximum absolute atomic E-state index is 12.7. The predicted molar refractivity (Wildman–Crippen MR) is 113 cm³/mol.